The monoisotopic (exact) mass is 415 g/mol. The first-order valence-electron chi connectivity index (χ1n) is 12.0. The second-order valence-corrected chi connectivity index (χ2v) is 10.3. The summed E-state index contributed by atoms with van der Waals surface area (Å²) in [6.45, 7) is 12.8. The van der Waals surface area contributed by atoms with E-state index in [0.29, 0.717) is 23.5 Å². The summed E-state index contributed by atoms with van der Waals surface area (Å²) in [5.41, 5.74) is 1.84. The fourth-order valence-corrected chi connectivity index (χ4v) is 5.75. The predicted molar refractivity (Wildman–Crippen MR) is 122 cm³/mol. The van der Waals surface area contributed by atoms with Crippen LogP contribution in [0.4, 0.5) is 0 Å². The number of rotatable bonds is 7. The molecule has 4 heteroatoms. The molecule has 1 aromatic rings. The number of hydrogen-bond acceptors (Lipinski definition) is 3. The summed E-state index contributed by atoms with van der Waals surface area (Å²) in [5, 5.41) is 14.2. The van der Waals surface area contributed by atoms with Crippen LogP contribution in [-0.4, -0.2) is 22.7 Å². The molecule has 4 nitrogen and oxygen atoms in total. The standard InChI is InChI=1S/C26H41NO3/c1-7-8-9-10-16(2)17(3)19-13-23(29)25-21-15-20(27-18(4)28)11-12-22(21)26(5,6)30-24(25)14-19/h13-14,16-17,20-22,29H,7-12,15H2,1-6H3,(H,27,28). The average Bonchev–Trinajstić information content (AvgIpc) is 2.65. The van der Waals surface area contributed by atoms with Gasteiger partial charge in [-0.1, -0.05) is 46.5 Å². The molecule has 30 heavy (non-hydrogen) atoms. The zero-order valence-corrected chi connectivity index (χ0v) is 19.8. The molecule has 1 amide bonds. The summed E-state index contributed by atoms with van der Waals surface area (Å²) in [7, 11) is 0. The smallest absolute Gasteiger partial charge is 0.217 e. The molecule has 0 spiro atoms. The van der Waals surface area contributed by atoms with E-state index in [9.17, 15) is 9.90 Å². The van der Waals surface area contributed by atoms with Crippen molar-refractivity contribution < 1.29 is 14.6 Å². The highest BCUT2D eigenvalue weighted by atomic mass is 16.5. The summed E-state index contributed by atoms with van der Waals surface area (Å²) in [6.07, 6.45) is 7.81. The lowest BCUT2D eigenvalue weighted by atomic mass is 9.65. The Morgan fingerprint density at radius 3 is 2.67 bits per heavy atom. The van der Waals surface area contributed by atoms with Crippen LogP contribution in [0.15, 0.2) is 12.1 Å². The lowest BCUT2D eigenvalue weighted by Crippen LogP contribution is -2.50. The van der Waals surface area contributed by atoms with Crippen LogP contribution >= 0.6 is 0 Å². The molecule has 1 aliphatic carbocycles. The zero-order valence-electron chi connectivity index (χ0n) is 19.8. The quantitative estimate of drug-likeness (QED) is 0.516. The van der Waals surface area contributed by atoms with Gasteiger partial charge in [0.2, 0.25) is 5.91 Å². The third kappa shape index (κ3) is 4.78. The van der Waals surface area contributed by atoms with E-state index in [1.165, 1.54) is 31.2 Å². The number of hydrogen-bond donors (Lipinski definition) is 2. The minimum Gasteiger partial charge on any atom is -0.508 e. The van der Waals surface area contributed by atoms with Crippen molar-refractivity contribution in [1.29, 1.82) is 0 Å². The molecule has 1 fully saturated rings. The highest BCUT2D eigenvalue weighted by molar-refractivity contribution is 5.73. The third-order valence-corrected chi connectivity index (χ3v) is 7.68. The SMILES string of the molecule is CCCCCC(C)C(C)c1cc(O)c2c(c1)OC(C)(C)C1CCC(NC(C)=O)CC21. The Hall–Kier alpha value is -1.71. The van der Waals surface area contributed by atoms with Crippen LogP contribution < -0.4 is 10.1 Å². The number of ether oxygens (including phenoxy) is 1. The largest absolute Gasteiger partial charge is 0.508 e. The van der Waals surface area contributed by atoms with E-state index in [1.807, 2.05) is 6.07 Å². The van der Waals surface area contributed by atoms with Crippen molar-refractivity contribution >= 4 is 5.91 Å². The van der Waals surface area contributed by atoms with Crippen molar-refractivity contribution in [3.8, 4) is 11.5 Å². The van der Waals surface area contributed by atoms with Gasteiger partial charge < -0.3 is 15.2 Å². The number of aromatic hydroxyl groups is 1. The van der Waals surface area contributed by atoms with Gasteiger partial charge in [-0.3, -0.25) is 4.79 Å². The molecule has 5 unspecified atom stereocenters. The molecule has 1 aromatic carbocycles. The molecule has 0 bridgehead atoms. The van der Waals surface area contributed by atoms with Crippen molar-refractivity contribution in [1.82, 2.24) is 5.32 Å². The number of unbranched alkanes of at least 4 members (excludes halogenated alkanes) is 2. The molecule has 2 aliphatic rings. The van der Waals surface area contributed by atoms with Gasteiger partial charge >= 0.3 is 0 Å². The number of fused-ring (bicyclic) bond motifs is 3. The van der Waals surface area contributed by atoms with Gasteiger partial charge in [0.25, 0.3) is 0 Å². The van der Waals surface area contributed by atoms with Crippen molar-refractivity contribution in [2.24, 2.45) is 11.8 Å². The molecule has 5 atom stereocenters. The molecule has 0 saturated heterocycles. The van der Waals surface area contributed by atoms with E-state index in [2.05, 4.69) is 46.0 Å². The lowest BCUT2D eigenvalue weighted by Gasteiger charge is -2.49. The summed E-state index contributed by atoms with van der Waals surface area (Å²) in [6, 6.07) is 4.32. The topological polar surface area (TPSA) is 58.6 Å². The maximum Gasteiger partial charge on any atom is 0.217 e. The van der Waals surface area contributed by atoms with E-state index in [4.69, 9.17) is 4.74 Å². The minimum atomic E-state index is -0.278. The van der Waals surface area contributed by atoms with Gasteiger partial charge in [-0.05, 0) is 68.6 Å². The molecular weight excluding hydrogens is 374 g/mol. The normalized spacial score (nSPS) is 26.7. The Balaban J connectivity index is 1.88. The van der Waals surface area contributed by atoms with Gasteiger partial charge in [0.1, 0.15) is 17.1 Å². The molecule has 1 saturated carbocycles. The summed E-state index contributed by atoms with van der Waals surface area (Å²) < 4.78 is 6.51. The number of phenolic OH excluding ortho intramolecular Hbond substituents is 1. The van der Waals surface area contributed by atoms with Gasteiger partial charge in [0, 0.05) is 24.4 Å². The summed E-state index contributed by atoms with van der Waals surface area (Å²) in [4.78, 5) is 11.6. The molecular formula is C26H41NO3. The number of phenols is 1. The lowest BCUT2D eigenvalue weighted by molar-refractivity contribution is -0.120. The Morgan fingerprint density at radius 2 is 2.00 bits per heavy atom. The Kier molecular flexibility index (Phi) is 7.04. The fourth-order valence-electron chi connectivity index (χ4n) is 5.75. The second-order valence-electron chi connectivity index (χ2n) is 10.3. The van der Waals surface area contributed by atoms with E-state index in [1.54, 1.807) is 6.92 Å². The van der Waals surface area contributed by atoms with E-state index < -0.39 is 0 Å². The molecule has 0 aromatic heterocycles. The zero-order chi connectivity index (χ0) is 22.1. The van der Waals surface area contributed by atoms with Gasteiger partial charge in [-0.15, -0.1) is 0 Å². The predicted octanol–water partition coefficient (Wildman–Crippen LogP) is 6.27. The van der Waals surface area contributed by atoms with Crippen LogP contribution in [-0.2, 0) is 4.79 Å². The van der Waals surface area contributed by atoms with E-state index in [-0.39, 0.29) is 23.5 Å². The minimum absolute atomic E-state index is 0.0236. The number of nitrogens with one attached hydrogen (secondary N) is 1. The number of carbonyl (C=O) groups excluding carboxylic acids is 1. The Labute approximate surface area is 182 Å². The van der Waals surface area contributed by atoms with Crippen LogP contribution in [0.25, 0.3) is 0 Å². The van der Waals surface area contributed by atoms with Gasteiger partial charge in [0.15, 0.2) is 0 Å². The first-order chi connectivity index (χ1) is 14.1. The first-order valence-corrected chi connectivity index (χ1v) is 12.0. The number of carbonyl (C=O) groups is 1. The van der Waals surface area contributed by atoms with Crippen molar-refractivity contribution in [2.75, 3.05) is 0 Å². The fraction of sp³-hybridized carbons (Fsp3) is 0.731. The van der Waals surface area contributed by atoms with E-state index >= 15 is 0 Å². The van der Waals surface area contributed by atoms with Crippen LogP contribution in [0, 0.1) is 11.8 Å². The number of benzene rings is 1. The maximum atomic E-state index is 11.6. The highest BCUT2D eigenvalue weighted by Crippen LogP contribution is 2.55. The third-order valence-electron chi connectivity index (χ3n) is 7.68. The van der Waals surface area contributed by atoms with Gasteiger partial charge in [0.05, 0.1) is 0 Å². The van der Waals surface area contributed by atoms with Crippen LogP contribution in [0.5, 0.6) is 11.5 Å². The van der Waals surface area contributed by atoms with Crippen molar-refractivity contribution in [3.63, 3.8) is 0 Å². The van der Waals surface area contributed by atoms with E-state index in [0.717, 1.165) is 30.6 Å². The summed E-state index contributed by atoms with van der Waals surface area (Å²) >= 11 is 0. The Bertz CT molecular complexity index is 757. The first kappa shape index (κ1) is 23.0. The van der Waals surface area contributed by atoms with Crippen molar-refractivity contribution in [3.05, 3.63) is 23.3 Å². The number of amides is 1. The van der Waals surface area contributed by atoms with Crippen LogP contribution in [0.3, 0.4) is 0 Å². The second kappa shape index (κ2) is 9.20. The average molecular weight is 416 g/mol. The molecule has 0 radical (unpaired) electrons. The van der Waals surface area contributed by atoms with Crippen LogP contribution in [0.1, 0.15) is 109 Å². The Morgan fingerprint density at radius 1 is 1.27 bits per heavy atom. The molecule has 168 valence electrons. The van der Waals surface area contributed by atoms with Crippen LogP contribution in [0.2, 0.25) is 0 Å². The molecule has 3 rings (SSSR count). The van der Waals surface area contributed by atoms with Gasteiger partial charge in [-0.25, -0.2) is 0 Å². The molecule has 1 aliphatic heterocycles. The highest BCUT2D eigenvalue weighted by Gasteiger charge is 2.48. The van der Waals surface area contributed by atoms with Crippen molar-refractivity contribution in [2.45, 2.75) is 110 Å². The maximum absolute atomic E-state index is 11.6. The van der Waals surface area contributed by atoms with Gasteiger partial charge in [-0.2, -0.15) is 0 Å². The molecule has 1 heterocycles. The summed E-state index contributed by atoms with van der Waals surface area (Å²) in [5.74, 6) is 2.72. The molecule has 2 N–H and O–H groups in total.